The third-order valence-corrected chi connectivity index (χ3v) is 6.29. The van der Waals surface area contributed by atoms with Gasteiger partial charge < -0.3 is 9.47 Å². The molecule has 0 amide bonds. The van der Waals surface area contributed by atoms with Crippen molar-refractivity contribution in [3.05, 3.63) is 71.8 Å². The predicted octanol–water partition coefficient (Wildman–Crippen LogP) is 2.99. The Hall–Kier alpha value is -1.72. The topological polar surface area (TPSA) is 24.9 Å². The molecule has 3 aliphatic heterocycles. The zero-order chi connectivity index (χ0) is 18.1. The van der Waals surface area contributed by atoms with Crippen LogP contribution in [0.25, 0.3) is 0 Å². The Morgan fingerprint density at radius 3 is 1.48 bits per heavy atom. The highest BCUT2D eigenvalue weighted by Crippen LogP contribution is 2.44. The summed E-state index contributed by atoms with van der Waals surface area (Å²) in [6, 6.07) is 21.6. The van der Waals surface area contributed by atoms with Crippen LogP contribution >= 0.6 is 0 Å². The van der Waals surface area contributed by atoms with Crippen molar-refractivity contribution in [3.63, 3.8) is 0 Å². The van der Waals surface area contributed by atoms with E-state index < -0.39 is 0 Å². The molecule has 4 nitrogen and oxygen atoms in total. The van der Waals surface area contributed by atoms with Crippen molar-refractivity contribution < 1.29 is 9.47 Å². The Morgan fingerprint density at radius 1 is 0.667 bits per heavy atom. The molecule has 3 fully saturated rings. The third-order valence-electron chi connectivity index (χ3n) is 6.29. The van der Waals surface area contributed by atoms with Crippen LogP contribution in [0, 0.1) is 11.8 Å². The maximum Gasteiger partial charge on any atom is 0.178 e. The van der Waals surface area contributed by atoms with Gasteiger partial charge in [-0.2, -0.15) is 0 Å². The minimum Gasteiger partial charge on any atom is -0.347 e. The molecule has 4 heteroatoms. The van der Waals surface area contributed by atoms with Gasteiger partial charge in [-0.15, -0.1) is 0 Å². The van der Waals surface area contributed by atoms with Crippen LogP contribution in [0.4, 0.5) is 0 Å². The molecule has 0 radical (unpaired) electrons. The number of likely N-dealkylation sites (tertiary alicyclic amines) is 2. The molecule has 0 saturated carbocycles. The van der Waals surface area contributed by atoms with Gasteiger partial charge in [0.2, 0.25) is 0 Å². The molecule has 2 bridgehead atoms. The Bertz CT molecular complexity index is 674. The van der Waals surface area contributed by atoms with Crippen molar-refractivity contribution in [1.29, 1.82) is 0 Å². The summed E-state index contributed by atoms with van der Waals surface area (Å²) >= 11 is 0. The molecule has 5 rings (SSSR count). The summed E-state index contributed by atoms with van der Waals surface area (Å²) in [4.78, 5) is 5.20. The lowest BCUT2D eigenvalue weighted by atomic mass is 9.77. The first-order valence-electron chi connectivity index (χ1n) is 10.1. The van der Waals surface area contributed by atoms with Crippen LogP contribution in [0.3, 0.4) is 0 Å². The fraction of sp³-hybridized carbons (Fsp3) is 0.478. The molecule has 3 heterocycles. The highest BCUT2D eigenvalue weighted by Gasteiger charge is 2.57. The number of nitrogens with zero attached hydrogens (tertiary/aromatic N) is 2. The van der Waals surface area contributed by atoms with Crippen molar-refractivity contribution in [3.8, 4) is 0 Å². The molecule has 142 valence electrons. The number of ether oxygens (including phenoxy) is 2. The van der Waals surface area contributed by atoms with E-state index in [1.807, 2.05) is 0 Å². The van der Waals surface area contributed by atoms with Crippen molar-refractivity contribution >= 4 is 0 Å². The molecule has 0 aromatic heterocycles. The second-order valence-electron chi connectivity index (χ2n) is 8.17. The molecule has 27 heavy (non-hydrogen) atoms. The summed E-state index contributed by atoms with van der Waals surface area (Å²) in [6.45, 7) is 7.67. The standard InChI is InChI=1S/C23H28N2O2/c1-3-7-19(8-4-1)13-24-15-21-17-25(14-20-9-5-2-6-10-20)18-22(16-24)23(21)26-11-12-27-23/h1-10,21-22H,11-18H2. The van der Waals surface area contributed by atoms with E-state index in [-0.39, 0.29) is 5.79 Å². The third kappa shape index (κ3) is 3.43. The van der Waals surface area contributed by atoms with E-state index in [9.17, 15) is 0 Å². The van der Waals surface area contributed by atoms with E-state index in [4.69, 9.17) is 9.47 Å². The van der Waals surface area contributed by atoms with Crippen molar-refractivity contribution in [2.24, 2.45) is 11.8 Å². The van der Waals surface area contributed by atoms with Crippen LogP contribution in [0.5, 0.6) is 0 Å². The van der Waals surface area contributed by atoms with Gasteiger partial charge >= 0.3 is 0 Å². The zero-order valence-electron chi connectivity index (χ0n) is 15.8. The normalized spacial score (nSPS) is 27.9. The maximum absolute atomic E-state index is 6.27. The summed E-state index contributed by atoms with van der Waals surface area (Å²) in [5, 5.41) is 0. The quantitative estimate of drug-likeness (QED) is 0.833. The lowest BCUT2D eigenvalue weighted by molar-refractivity contribution is -0.278. The van der Waals surface area contributed by atoms with Crippen LogP contribution in [0.15, 0.2) is 60.7 Å². The molecular weight excluding hydrogens is 336 g/mol. The minimum atomic E-state index is -0.347. The van der Waals surface area contributed by atoms with Crippen LogP contribution in [0.2, 0.25) is 0 Å². The van der Waals surface area contributed by atoms with Gasteiger partial charge in [0.25, 0.3) is 0 Å². The fourth-order valence-corrected chi connectivity index (χ4v) is 5.21. The largest absolute Gasteiger partial charge is 0.347 e. The first-order chi connectivity index (χ1) is 13.3. The Morgan fingerprint density at radius 2 is 1.07 bits per heavy atom. The Kier molecular flexibility index (Phi) is 4.74. The van der Waals surface area contributed by atoms with E-state index in [2.05, 4.69) is 70.5 Å². The summed E-state index contributed by atoms with van der Waals surface area (Å²) < 4.78 is 12.5. The maximum atomic E-state index is 6.27. The molecule has 0 unspecified atom stereocenters. The summed E-state index contributed by atoms with van der Waals surface area (Å²) in [6.07, 6.45) is 0. The molecule has 0 aliphatic carbocycles. The molecule has 3 saturated heterocycles. The predicted molar refractivity (Wildman–Crippen MR) is 105 cm³/mol. The lowest BCUT2D eigenvalue weighted by Crippen LogP contribution is -2.67. The molecule has 2 aromatic rings. The van der Waals surface area contributed by atoms with E-state index >= 15 is 0 Å². The van der Waals surface area contributed by atoms with Crippen molar-refractivity contribution in [2.45, 2.75) is 18.9 Å². The Labute approximate surface area is 161 Å². The summed E-state index contributed by atoms with van der Waals surface area (Å²) in [7, 11) is 0. The van der Waals surface area contributed by atoms with Gasteiger partial charge in [-0.3, -0.25) is 9.80 Å². The van der Waals surface area contributed by atoms with Gasteiger partial charge in [-0.1, -0.05) is 60.7 Å². The first kappa shape index (κ1) is 17.4. The Balaban J connectivity index is 1.32. The molecule has 3 aliphatic rings. The molecule has 2 aromatic carbocycles. The van der Waals surface area contributed by atoms with E-state index in [0.717, 1.165) is 52.5 Å². The van der Waals surface area contributed by atoms with Crippen LogP contribution in [-0.2, 0) is 22.6 Å². The molecule has 0 atom stereocenters. The average molecular weight is 364 g/mol. The highest BCUT2D eigenvalue weighted by atomic mass is 16.7. The molecular formula is C23H28N2O2. The van der Waals surface area contributed by atoms with Gasteiger partial charge in [-0.05, 0) is 11.1 Å². The van der Waals surface area contributed by atoms with E-state index in [0.29, 0.717) is 11.8 Å². The fourth-order valence-electron chi connectivity index (χ4n) is 5.21. The summed E-state index contributed by atoms with van der Waals surface area (Å²) in [5.74, 6) is 0.459. The zero-order valence-corrected chi connectivity index (χ0v) is 15.8. The molecule has 0 N–H and O–H groups in total. The number of benzene rings is 2. The lowest BCUT2D eigenvalue weighted by Gasteiger charge is -2.55. The van der Waals surface area contributed by atoms with E-state index in [1.165, 1.54) is 11.1 Å². The smallest absolute Gasteiger partial charge is 0.178 e. The number of rotatable bonds is 4. The molecule has 1 spiro atoms. The van der Waals surface area contributed by atoms with Crippen LogP contribution in [0.1, 0.15) is 11.1 Å². The first-order valence-corrected chi connectivity index (χ1v) is 10.1. The van der Waals surface area contributed by atoms with Crippen molar-refractivity contribution in [2.75, 3.05) is 39.4 Å². The van der Waals surface area contributed by atoms with Crippen LogP contribution < -0.4 is 0 Å². The number of piperidine rings is 2. The van der Waals surface area contributed by atoms with Gasteiger partial charge in [0.05, 0.1) is 13.2 Å². The van der Waals surface area contributed by atoms with Crippen LogP contribution in [-0.4, -0.2) is 55.0 Å². The van der Waals surface area contributed by atoms with Gasteiger partial charge in [0.15, 0.2) is 5.79 Å². The second kappa shape index (κ2) is 7.36. The second-order valence-corrected chi connectivity index (χ2v) is 8.17. The van der Waals surface area contributed by atoms with Crippen molar-refractivity contribution in [1.82, 2.24) is 9.80 Å². The minimum absolute atomic E-state index is 0.347. The highest BCUT2D eigenvalue weighted by molar-refractivity contribution is 5.17. The SMILES string of the molecule is c1ccc(CN2CC3CN(Cc4ccccc4)CC(C2)C32OCCO2)cc1. The van der Waals surface area contributed by atoms with Gasteiger partial charge in [0.1, 0.15) is 0 Å². The monoisotopic (exact) mass is 364 g/mol. The van der Waals surface area contributed by atoms with E-state index in [1.54, 1.807) is 0 Å². The average Bonchev–Trinajstić information content (AvgIpc) is 3.15. The number of hydrogen-bond donors (Lipinski definition) is 0. The number of hydrogen-bond acceptors (Lipinski definition) is 4. The summed E-state index contributed by atoms with van der Waals surface area (Å²) in [5.41, 5.74) is 2.78. The van der Waals surface area contributed by atoms with Gasteiger partial charge in [-0.25, -0.2) is 0 Å². The van der Waals surface area contributed by atoms with Gasteiger partial charge in [0, 0.05) is 51.1 Å².